The smallest absolute Gasteiger partial charge is 0.322 e. The molecule has 0 heterocycles. The quantitative estimate of drug-likeness (QED) is 0.708. The number of carboxylic acids is 1. The molecule has 88 valence electrons. The maximum absolute atomic E-state index is 11.4. The Balaban J connectivity index is 3.98. The second-order valence-corrected chi connectivity index (χ2v) is 5.11. The summed E-state index contributed by atoms with van der Waals surface area (Å²) < 4.78 is 0. The first-order valence-corrected chi connectivity index (χ1v) is 5.21. The van der Waals surface area contributed by atoms with Gasteiger partial charge in [0.25, 0.3) is 0 Å². The monoisotopic (exact) mass is 215 g/mol. The van der Waals surface area contributed by atoms with Crippen LogP contribution in [0.3, 0.4) is 0 Å². The van der Waals surface area contributed by atoms with Crippen LogP contribution in [0.5, 0.6) is 0 Å². The van der Waals surface area contributed by atoms with Crippen molar-refractivity contribution in [3.8, 4) is 0 Å². The molecule has 0 aliphatic rings. The summed E-state index contributed by atoms with van der Waals surface area (Å²) in [6.07, 6.45) is 1.33. The van der Waals surface area contributed by atoms with Gasteiger partial charge in [-0.1, -0.05) is 27.7 Å². The molecular formula is C11H21NO3. The fourth-order valence-corrected chi connectivity index (χ4v) is 1.85. The average molecular weight is 215 g/mol. The number of nitrogens with one attached hydrogen (secondary N) is 1. The number of aliphatic carboxylic acids is 1. The Morgan fingerprint density at radius 2 is 1.87 bits per heavy atom. The molecule has 0 aromatic rings. The summed E-state index contributed by atoms with van der Waals surface area (Å²) in [5.41, 5.74) is -0.0727. The van der Waals surface area contributed by atoms with Crippen LogP contribution in [0.2, 0.25) is 0 Å². The lowest BCUT2D eigenvalue weighted by Gasteiger charge is -2.25. The van der Waals surface area contributed by atoms with Crippen molar-refractivity contribution in [2.24, 2.45) is 11.3 Å². The molecule has 0 aromatic carbocycles. The Hall–Kier alpha value is -1.06. The molecule has 0 rings (SSSR count). The second kappa shape index (κ2) is 5.73. The molecular weight excluding hydrogens is 194 g/mol. The standard InChI is InChI=1S/C11H21NO3/c1-8(2)5-11(3,4)6-9(13)12-7-10(14)15/h8H,5-7H2,1-4H3,(H,12,13)(H,14,15). The van der Waals surface area contributed by atoms with E-state index in [9.17, 15) is 9.59 Å². The van der Waals surface area contributed by atoms with E-state index in [1.54, 1.807) is 0 Å². The summed E-state index contributed by atoms with van der Waals surface area (Å²) in [4.78, 5) is 21.6. The van der Waals surface area contributed by atoms with Crippen LogP contribution < -0.4 is 5.32 Å². The van der Waals surface area contributed by atoms with Crippen LogP contribution in [0.15, 0.2) is 0 Å². The average Bonchev–Trinajstić information content (AvgIpc) is 1.96. The maximum Gasteiger partial charge on any atom is 0.322 e. The van der Waals surface area contributed by atoms with Gasteiger partial charge in [-0.15, -0.1) is 0 Å². The third-order valence-electron chi connectivity index (χ3n) is 2.04. The summed E-state index contributed by atoms with van der Waals surface area (Å²) in [6.45, 7) is 7.96. The number of carbonyl (C=O) groups excluding carboxylic acids is 1. The van der Waals surface area contributed by atoms with Gasteiger partial charge in [-0.2, -0.15) is 0 Å². The van der Waals surface area contributed by atoms with Gasteiger partial charge in [0.2, 0.25) is 5.91 Å². The summed E-state index contributed by atoms with van der Waals surface area (Å²) in [5.74, 6) is -0.666. The van der Waals surface area contributed by atoms with Crippen LogP contribution in [0.4, 0.5) is 0 Å². The molecule has 0 aliphatic carbocycles. The third-order valence-corrected chi connectivity index (χ3v) is 2.04. The van der Waals surface area contributed by atoms with Gasteiger partial charge in [-0.3, -0.25) is 9.59 Å². The number of amides is 1. The molecule has 0 aliphatic heterocycles. The van der Waals surface area contributed by atoms with Gasteiger partial charge in [0.1, 0.15) is 6.54 Å². The highest BCUT2D eigenvalue weighted by molar-refractivity contribution is 5.81. The van der Waals surface area contributed by atoms with E-state index in [2.05, 4.69) is 19.2 Å². The van der Waals surface area contributed by atoms with E-state index in [4.69, 9.17) is 5.11 Å². The minimum Gasteiger partial charge on any atom is -0.480 e. The third kappa shape index (κ3) is 7.97. The number of carboxylic acid groups (broad SMARTS) is 1. The molecule has 0 saturated carbocycles. The second-order valence-electron chi connectivity index (χ2n) is 5.11. The highest BCUT2D eigenvalue weighted by atomic mass is 16.4. The Morgan fingerprint density at radius 1 is 1.33 bits per heavy atom. The van der Waals surface area contributed by atoms with Crippen LogP contribution in [-0.4, -0.2) is 23.5 Å². The molecule has 0 fully saturated rings. The van der Waals surface area contributed by atoms with Crippen LogP contribution >= 0.6 is 0 Å². The Morgan fingerprint density at radius 3 is 2.27 bits per heavy atom. The molecule has 15 heavy (non-hydrogen) atoms. The number of hydrogen-bond donors (Lipinski definition) is 2. The molecule has 4 heteroatoms. The summed E-state index contributed by atoms with van der Waals surface area (Å²) in [5, 5.41) is 10.8. The van der Waals surface area contributed by atoms with Crippen LogP contribution in [0, 0.1) is 11.3 Å². The van der Waals surface area contributed by atoms with Crippen molar-refractivity contribution in [1.82, 2.24) is 5.32 Å². The Labute approximate surface area is 91.1 Å². The van der Waals surface area contributed by atoms with Crippen molar-refractivity contribution in [1.29, 1.82) is 0 Å². The molecule has 0 aromatic heterocycles. The first-order valence-electron chi connectivity index (χ1n) is 5.21. The molecule has 0 atom stereocenters. The van der Waals surface area contributed by atoms with Gasteiger partial charge >= 0.3 is 5.97 Å². The van der Waals surface area contributed by atoms with E-state index >= 15 is 0 Å². The van der Waals surface area contributed by atoms with Gasteiger partial charge in [-0.05, 0) is 17.8 Å². The largest absolute Gasteiger partial charge is 0.480 e. The number of carbonyl (C=O) groups is 2. The fraction of sp³-hybridized carbons (Fsp3) is 0.818. The van der Waals surface area contributed by atoms with Gasteiger partial charge in [-0.25, -0.2) is 0 Å². The first kappa shape index (κ1) is 13.9. The van der Waals surface area contributed by atoms with Crippen LogP contribution in [-0.2, 0) is 9.59 Å². The highest BCUT2D eigenvalue weighted by Gasteiger charge is 2.23. The first-order chi connectivity index (χ1) is 6.73. The predicted molar refractivity (Wildman–Crippen MR) is 58.5 cm³/mol. The van der Waals surface area contributed by atoms with Gasteiger partial charge in [0.05, 0.1) is 0 Å². The van der Waals surface area contributed by atoms with E-state index in [0.29, 0.717) is 12.3 Å². The van der Waals surface area contributed by atoms with Crippen LogP contribution in [0.25, 0.3) is 0 Å². The lowest BCUT2D eigenvalue weighted by Crippen LogP contribution is -2.33. The summed E-state index contributed by atoms with van der Waals surface area (Å²) in [7, 11) is 0. The molecule has 4 nitrogen and oxygen atoms in total. The van der Waals surface area contributed by atoms with Crippen molar-refractivity contribution in [2.45, 2.75) is 40.5 Å². The summed E-state index contributed by atoms with van der Waals surface area (Å²) >= 11 is 0. The highest BCUT2D eigenvalue weighted by Crippen LogP contribution is 2.28. The Kier molecular flexibility index (Phi) is 5.33. The van der Waals surface area contributed by atoms with Crippen molar-refractivity contribution in [3.05, 3.63) is 0 Å². The molecule has 0 bridgehead atoms. The van der Waals surface area contributed by atoms with Crippen molar-refractivity contribution >= 4 is 11.9 Å². The maximum atomic E-state index is 11.4. The summed E-state index contributed by atoms with van der Waals surface area (Å²) in [6, 6.07) is 0. The minimum absolute atomic E-state index is 0.0727. The zero-order valence-electron chi connectivity index (χ0n) is 9.96. The molecule has 0 unspecified atom stereocenters. The molecule has 0 radical (unpaired) electrons. The van der Waals surface area contributed by atoms with E-state index in [0.717, 1.165) is 6.42 Å². The van der Waals surface area contributed by atoms with Crippen molar-refractivity contribution in [3.63, 3.8) is 0 Å². The fourth-order valence-electron chi connectivity index (χ4n) is 1.85. The van der Waals surface area contributed by atoms with Crippen molar-refractivity contribution < 1.29 is 14.7 Å². The van der Waals surface area contributed by atoms with E-state index in [1.807, 2.05) is 13.8 Å². The lowest BCUT2D eigenvalue weighted by atomic mass is 9.81. The lowest BCUT2D eigenvalue weighted by molar-refractivity contribution is -0.138. The molecule has 0 saturated heterocycles. The van der Waals surface area contributed by atoms with E-state index in [-0.39, 0.29) is 17.9 Å². The molecule has 1 amide bonds. The van der Waals surface area contributed by atoms with Gasteiger partial charge in [0.15, 0.2) is 0 Å². The predicted octanol–water partition coefficient (Wildman–Crippen LogP) is 1.65. The Bertz CT molecular complexity index is 234. The van der Waals surface area contributed by atoms with E-state index < -0.39 is 5.97 Å². The van der Waals surface area contributed by atoms with Crippen molar-refractivity contribution in [2.75, 3.05) is 6.54 Å². The van der Waals surface area contributed by atoms with Gasteiger partial charge in [0, 0.05) is 6.42 Å². The zero-order valence-corrected chi connectivity index (χ0v) is 9.96. The normalized spacial score (nSPS) is 11.5. The van der Waals surface area contributed by atoms with E-state index in [1.165, 1.54) is 0 Å². The minimum atomic E-state index is -1.01. The zero-order chi connectivity index (χ0) is 12.1. The van der Waals surface area contributed by atoms with Gasteiger partial charge < -0.3 is 10.4 Å². The molecule has 2 N–H and O–H groups in total. The topological polar surface area (TPSA) is 66.4 Å². The van der Waals surface area contributed by atoms with Crippen LogP contribution in [0.1, 0.15) is 40.5 Å². The number of rotatable bonds is 6. The number of hydrogen-bond acceptors (Lipinski definition) is 2. The molecule has 0 spiro atoms. The SMILES string of the molecule is CC(C)CC(C)(C)CC(=O)NCC(=O)O.